The van der Waals surface area contributed by atoms with Gasteiger partial charge in [0.2, 0.25) is 0 Å². The van der Waals surface area contributed by atoms with Gasteiger partial charge in [0.1, 0.15) is 11.5 Å². The summed E-state index contributed by atoms with van der Waals surface area (Å²) in [5, 5.41) is 8.48. The maximum atomic E-state index is 5.67. The van der Waals surface area contributed by atoms with E-state index in [1.54, 1.807) is 12.3 Å². The molecule has 0 saturated carbocycles. The summed E-state index contributed by atoms with van der Waals surface area (Å²) in [6.45, 7) is 6.51. The average molecular weight is 288 g/mol. The second-order valence-electron chi connectivity index (χ2n) is 5.19. The van der Waals surface area contributed by atoms with E-state index in [9.17, 15) is 0 Å². The third-order valence-electron chi connectivity index (χ3n) is 3.82. The minimum Gasteiger partial charge on any atom is -0.468 e. The van der Waals surface area contributed by atoms with Gasteiger partial charge in [0.05, 0.1) is 37.8 Å². The lowest BCUT2D eigenvalue weighted by atomic mass is 10.0. The standard InChI is InChI=1S/C15H20N4O2/c1-3-8-20-11-14-15-13(18(2)17-16-15)6-7-19(14)10-12-5-4-9-21-12/h3-5,9,14H,1,6-8,10-11H2,2H3/t14-/m0/s1. The van der Waals surface area contributed by atoms with Crippen LogP contribution in [-0.4, -0.2) is 39.7 Å². The Bertz CT molecular complexity index is 591. The molecule has 0 unspecified atom stereocenters. The second kappa shape index (κ2) is 6.24. The van der Waals surface area contributed by atoms with Gasteiger partial charge in [-0.3, -0.25) is 9.58 Å². The molecule has 1 aliphatic heterocycles. The smallest absolute Gasteiger partial charge is 0.117 e. The van der Waals surface area contributed by atoms with Crippen molar-refractivity contribution < 1.29 is 9.15 Å². The Kier molecular flexibility index (Phi) is 4.17. The van der Waals surface area contributed by atoms with Gasteiger partial charge in [-0.25, -0.2) is 0 Å². The van der Waals surface area contributed by atoms with E-state index >= 15 is 0 Å². The van der Waals surface area contributed by atoms with Crippen LogP contribution < -0.4 is 0 Å². The van der Waals surface area contributed by atoms with Crippen molar-refractivity contribution in [3.05, 3.63) is 48.2 Å². The molecule has 0 N–H and O–H groups in total. The van der Waals surface area contributed by atoms with Crippen LogP contribution in [0, 0.1) is 0 Å². The third-order valence-corrected chi connectivity index (χ3v) is 3.82. The second-order valence-corrected chi connectivity index (χ2v) is 5.19. The van der Waals surface area contributed by atoms with Crippen LogP contribution in [0.4, 0.5) is 0 Å². The minimum atomic E-state index is 0.104. The summed E-state index contributed by atoms with van der Waals surface area (Å²) < 4.78 is 13.0. The summed E-state index contributed by atoms with van der Waals surface area (Å²) in [4.78, 5) is 2.33. The van der Waals surface area contributed by atoms with Crippen molar-refractivity contribution >= 4 is 0 Å². The Morgan fingerprint density at radius 1 is 1.57 bits per heavy atom. The SMILES string of the molecule is C=CCOC[C@H]1c2nnn(C)c2CCN1Cc1ccco1. The molecule has 112 valence electrons. The highest BCUT2D eigenvalue weighted by molar-refractivity contribution is 5.19. The highest BCUT2D eigenvalue weighted by Crippen LogP contribution is 2.29. The van der Waals surface area contributed by atoms with Crippen molar-refractivity contribution in [3.63, 3.8) is 0 Å². The first-order valence-corrected chi connectivity index (χ1v) is 7.13. The molecular formula is C15H20N4O2. The van der Waals surface area contributed by atoms with E-state index < -0.39 is 0 Å². The summed E-state index contributed by atoms with van der Waals surface area (Å²) in [5.74, 6) is 0.955. The van der Waals surface area contributed by atoms with Gasteiger partial charge in [-0.15, -0.1) is 11.7 Å². The highest BCUT2D eigenvalue weighted by atomic mass is 16.5. The molecule has 1 aliphatic rings. The van der Waals surface area contributed by atoms with Gasteiger partial charge in [-0.2, -0.15) is 0 Å². The summed E-state index contributed by atoms with van der Waals surface area (Å²) in [6.07, 6.45) is 4.41. The molecule has 0 amide bonds. The maximum absolute atomic E-state index is 5.67. The summed E-state index contributed by atoms with van der Waals surface area (Å²) in [5.41, 5.74) is 2.21. The van der Waals surface area contributed by atoms with Crippen molar-refractivity contribution in [3.8, 4) is 0 Å². The maximum Gasteiger partial charge on any atom is 0.117 e. The van der Waals surface area contributed by atoms with Crippen LogP contribution in [-0.2, 0) is 24.8 Å². The first kappa shape index (κ1) is 14.0. The van der Waals surface area contributed by atoms with Gasteiger partial charge in [-0.05, 0) is 12.1 Å². The van der Waals surface area contributed by atoms with E-state index in [2.05, 4.69) is 21.8 Å². The molecule has 6 heteroatoms. The zero-order valence-corrected chi connectivity index (χ0v) is 12.2. The number of ether oxygens (including phenoxy) is 1. The number of fused-ring (bicyclic) bond motifs is 1. The van der Waals surface area contributed by atoms with E-state index in [-0.39, 0.29) is 6.04 Å². The normalized spacial score (nSPS) is 18.6. The lowest BCUT2D eigenvalue weighted by Gasteiger charge is -2.33. The molecule has 2 aromatic heterocycles. The van der Waals surface area contributed by atoms with E-state index in [0.29, 0.717) is 13.2 Å². The van der Waals surface area contributed by atoms with Crippen molar-refractivity contribution in [1.29, 1.82) is 0 Å². The summed E-state index contributed by atoms with van der Waals surface area (Å²) >= 11 is 0. The van der Waals surface area contributed by atoms with E-state index in [0.717, 1.165) is 31.0 Å². The predicted octanol–water partition coefficient (Wildman–Crippen LogP) is 1.71. The number of hydrogen-bond acceptors (Lipinski definition) is 5. The summed E-state index contributed by atoms with van der Waals surface area (Å²) in [6, 6.07) is 4.01. The van der Waals surface area contributed by atoms with Gasteiger partial charge in [0.25, 0.3) is 0 Å². The molecular weight excluding hydrogens is 268 g/mol. The molecule has 3 heterocycles. The fourth-order valence-corrected chi connectivity index (χ4v) is 2.76. The van der Waals surface area contributed by atoms with Gasteiger partial charge in [-0.1, -0.05) is 11.3 Å². The predicted molar refractivity (Wildman–Crippen MR) is 77.6 cm³/mol. The van der Waals surface area contributed by atoms with Gasteiger partial charge in [0, 0.05) is 20.0 Å². The zero-order chi connectivity index (χ0) is 14.7. The fourth-order valence-electron chi connectivity index (χ4n) is 2.76. The molecule has 0 bridgehead atoms. The lowest BCUT2D eigenvalue weighted by Crippen LogP contribution is -2.38. The fraction of sp³-hybridized carbons (Fsp3) is 0.467. The molecule has 0 aliphatic carbocycles. The first-order valence-electron chi connectivity index (χ1n) is 7.13. The molecule has 1 atom stereocenters. The van der Waals surface area contributed by atoms with Crippen LogP contribution in [0.25, 0.3) is 0 Å². The van der Waals surface area contributed by atoms with Crippen molar-refractivity contribution in [2.24, 2.45) is 7.05 Å². The lowest BCUT2D eigenvalue weighted by molar-refractivity contribution is 0.0562. The van der Waals surface area contributed by atoms with Crippen molar-refractivity contribution in [1.82, 2.24) is 19.9 Å². The molecule has 0 spiro atoms. The molecule has 6 nitrogen and oxygen atoms in total. The Morgan fingerprint density at radius 2 is 2.48 bits per heavy atom. The zero-order valence-electron chi connectivity index (χ0n) is 12.2. The van der Waals surface area contributed by atoms with Crippen LogP contribution >= 0.6 is 0 Å². The van der Waals surface area contributed by atoms with Crippen LogP contribution in [0.2, 0.25) is 0 Å². The topological polar surface area (TPSA) is 56.3 Å². The molecule has 0 aromatic carbocycles. The summed E-state index contributed by atoms with van der Waals surface area (Å²) in [7, 11) is 1.94. The van der Waals surface area contributed by atoms with Gasteiger partial charge >= 0.3 is 0 Å². The minimum absolute atomic E-state index is 0.104. The monoisotopic (exact) mass is 288 g/mol. The number of nitrogens with zero attached hydrogens (tertiary/aromatic N) is 4. The number of rotatable bonds is 6. The Morgan fingerprint density at radius 3 is 3.24 bits per heavy atom. The quantitative estimate of drug-likeness (QED) is 0.598. The van der Waals surface area contributed by atoms with E-state index in [4.69, 9.17) is 9.15 Å². The van der Waals surface area contributed by atoms with E-state index in [1.807, 2.05) is 23.9 Å². The van der Waals surface area contributed by atoms with E-state index in [1.165, 1.54) is 5.69 Å². The van der Waals surface area contributed by atoms with Crippen LogP contribution in [0.1, 0.15) is 23.2 Å². The van der Waals surface area contributed by atoms with Crippen molar-refractivity contribution in [2.45, 2.75) is 19.0 Å². The number of aryl methyl sites for hydroxylation is 1. The number of hydrogen-bond donors (Lipinski definition) is 0. The number of furan rings is 1. The molecule has 0 saturated heterocycles. The van der Waals surface area contributed by atoms with Crippen LogP contribution in [0.3, 0.4) is 0 Å². The Balaban J connectivity index is 1.80. The van der Waals surface area contributed by atoms with Gasteiger partial charge in [0.15, 0.2) is 0 Å². The molecule has 0 radical (unpaired) electrons. The largest absolute Gasteiger partial charge is 0.468 e. The molecule has 2 aromatic rings. The van der Waals surface area contributed by atoms with Crippen LogP contribution in [0.15, 0.2) is 35.5 Å². The molecule has 21 heavy (non-hydrogen) atoms. The van der Waals surface area contributed by atoms with Gasteiger partial charge < -0.3 is 9.15 Å². The highest BCUT2D eigenvalue weighted by Gasteiger charge is 2.32. The van der Waals surface area contributed by atoms with Crippen LogP contribution in [0.5, 0.6) is 0 Å². The Hall–Kier alpha value is -1.92. The Labute approximate surface area is 124 Å². The number of aromatic nitrogens is 3. The van der Waals surface area contributed by atoms with Crippen molar-refractivity contribution in [2.75, 3.05) is 19.8 Å². The molecule has 0 fully saturated rings. The third kappa shape index (κ3) is 2.91. The average Bonchev–Trinajstić information content (AvgIpc) is 3.11. The first-order chi connectivity index (χ1) is 10.3. The molecule has 3 rings (SSSR count).